The van der Waals surface area contributed by atoms with Crippen molar-refractivity contribution < 1.29 is 18.0 Å². The van der Waals surface area contributed by atoms with E-state index in [1.807, 2.05) is 30.3 Å². The van der Waals surface area contributed by atoms with Gasteiger partial charge in [0, 0.05) is 44.2 Å². The number of rotatable bonds is 11. The van der Waals surface area contributed by atoms with Crippen LogP contribution in [0.5, 0.6) is 0 Å². The van der Waals surface area contributed by atoms with Crippen molar-refractivity contribution in [2.24, 2.45) is 0 Å². The lowest BCUT2D eigenvalue weighted by Gasteiger charge is -2.34. The normalized spacial score (nSPS) is 12.2. The molecule has 0 aliphatic heterocycles. The zero-order valence-corrected chi connectivity index (χ0v) is 23.7. The van der Waals surface area contributed by atoms with Crippen LogP contribution < -0.4 is 9.62 Å². The highest BCUT2D eigenvalue weighted by molar-refractivity contribution is 7.90. The van der Waals surface area contributed by atoms with Gasteiger partial charge in [-0.25, -0.2) is 4.31 Å². The predicted molar refractivity (Wildman–Crippen MR) is 151 cm³/mol. The molecule has 0 unspecified atom stereocenters. The Morgan fingerprint density at radius 3 is 2.08 bits per heavy atom. The minimum Gasteiger partial charge on any atom is -0.357 e. The van der Waals surface area contributed by atoms with E-state index in [1.165, 1.54) is 26.0 Å². The third-order valence-electron chi connectivity index (χ3n) is 5.94. The van der Waals surface area contributed by atoms with Crippen molar-refractivity contribution in [3.63, 3.8) is 0 Å². The van der Waals surface area contributed by atoms with Crippen molar-refractivity contribution in [2.75, 3.05) is 32.0 Å². The van der Waals surface area contributed by atoms with Crippen molar-refractivity contribution >= 4 is 50.9 Å². The van der Waals surface area contributed by atoms with E-state index in [0.29, 0.717) is 21.3 Å². The number of benzene rings is 3. The van der Waals surface area contributed by atoms with Crippen molar-refractivity contribution in [2.45, 2.75) is 19.0 Å². The van der Waals surface area contributed by atoms with Crippen LogP contribution in [0.1, 0.15) is 11.1 Å². The average molecular weight is 578 g/mol. The van der Waals surface area contributed by atoms with Gasteiger partial charge in [-0.05, 0) is 35.4 Å². The highest BCUT2D eigenvalue weighted by atomic mass is 35.5. The fraction of sp³-hybridized carbons (Fsp3) is 0.259. The maximum Gasteiger partial charge on any atom is 0.304 e. The Balaban J connectivity index is 2.07. The van der Waals surface area contributed by atoms with Gasteiger partial charge in [0.2, 0.25) is 11.8 Å². The smallest absolute Gasteiger partial charge is 0.304 e. The maximum absolute atomic E-state index is 14.0. The summed E-state index contributed by atoms with van der Waals surface area (Å²) in [5.74, 6) is -0.969. The molecule has 8 nitrogen and oxygen atoms in total. The molecular weight excluding hydrogens is 547 g/mol. The summed E-state index contributed by atoms with van der Waals surface area (Å²) in [4.78, 5) is 28.5. The molecule has 0 aromatic heterocycles. The highest BCUT2D eigenvalue weighted by Crippen LogP contribution is 2.25. The molecule has 0 radical (unpaired) electrons. The molecule has 3 aromatic rings. The Bertz CT molecular complexity index is 1360. The van der Waals surface area contributed by atoms with Gasteiger partial charge >= 0.3 is 10.2 Å². The quantitative estimate of drug-likeness (QED) is 0.373. The molecule has 1 N–H and O–H groups in total. The summed E-state index contributed by atoms with van der Waals surface area (Å²) in [5, 5.41) is 3.39. The molecule has 2 amide bonds. The number of halogens is 2. The largest absolute Gasteiger partial charge is 0.357 e. The molecule has 0 aliphatic carbocycles. The van der Waals surface area contributed by atoms with Gasteiger partial charge in [0.25, 0.3) is 0 Å². The molecular formula is C27H30Cl2N4O4S. The van der Waals surface area contributed by atoms with Crippen LogP contribution in [0.25, 0.3) is 0 Å². The minimum absolute atomic E-state index is 0.0373. The SMILES string of the molecule is CNC(=O)[C@H](Cc1ccccc1)N(Cc1ccc(Cl)cc1Cl)C(=O)CN(c1ccccc1)S(=O)(=O)N(C)C. The fourth-order valence-electron chi connectivity index (χ4n) is 3.87. The lowest BCUT2D eigenvalue weighted by Crippen LogP contribution is -2.53. The number of hydrogen-bond acceptors (Lipinski definition) is 4. The van der Waals surface area contributed by atoms with E-state index in [4.69, 9.17) is 23.2 Å². The molecule has 202 valence electrons. The molecule has 0 heterocycles. The molecule has 1 atom stereocenters. The Labute approximate surface area is 233 Å². The van der Waals surface area contributed by atoms with E-state index >= 15 is 0 Å². The van der Waals surface area contributed by atoms with Gasteiger partial charge in [0.05, 0.1) is 5.69 Å². The lowest BCUT2D eigenvalue weighted by atomic mass is 10.0. The molecule has 3 aromatic carbocycles. The number of likely N-dealkylation sites (N-methyl/N-ethyl adjacent to an activating group) is 1. The van der Waals surface area contributed by atoms with Crippen molar-refractivity contribution in [1.29, 1.82) is 0 Å². The second kappa shape index (κ2) is 13.1. The van der Waals surface area contributed by atoms with Gasteiger partial charge in [-0.2, -0.15) is 12.7 Å². The van der Waals surface area contributed by atoms with E-state index in [0.717, 1.165) is 14.2 Å². The zero-order valence-electron chi connectivity index (χ0n) is 21.3. The summed E-state index contributed by atoms with van der Waals surface area (Å²) in [6, 6.07) is 21.5. The summed E-state index contributed by atoms with van der Waals surface area (Å²) in [7, 11) is 0.234. The third kappa shape index (κ3) is 7.26. The number of hydrogen-bond donors (Lipinski definition) is 1. The first-order chi connectivity index (χ1) is 18.0. The second-order valence-corrected chi connectivity index (χ2v) is 11.6. The molecule has 0 saturated carbocycles. The lowest BCUT2D eigenvalue weighted by molar-refractivity contribution is -0.139. The Kier molecular flexibility index (Phi) is 10.2. The first kappa shape index (κ1) is 29.4. The summed E-state index contributed by atoms with van der Waals surface area (Å²) >= 11 is 12.5. The maximum atomic E-state index is 14.0. The standard InChI is InChI=1S/C27H30Cl2N4O4S/c1-30-27(35)25(16-20-10-6-4-7-11-20)32(18-21-14-15-22(28)17-24(21)29)26(34)19-33(38(36,37)31(2)3)23-12-8-5-9-13-23/h4-15,17,25H,16,18-19H2,1-3H3,(H,30,35)/t25-/m0/s1. The van der Waals surface area contributed by atoms with Crippen LogP contribution in [-0.2, 0) is 32.8 Å². The third-order valence-corrected chi connectivity index (χ3v) is 8.34. The first-order valence-electron chi connectivity index (χ1n) is 11.8. The van der Waals surface area contributed by atoms with E-state index in [9.17, 15) is 18.0 Å². The molecule has 0 spiro atoms. The van der Waals surface area contributed by atoms with Crippen molar-refractivity contribution in [3.05, 3.63) is 100 Å². The highest BCUT2D eigenvalue weighted by Gasteiger charge is 2.34. The average Bonchev–Trinajstić information content (AvgIpc) is 2.90. The molecule has 0 aliphatic rings. The van der Waals surface area contributed by atoms with E-state index in [-0.39, 0.29) is 13.0 Å². The van der Waals surface area contributed by atoms with Crippen LogP contribution in [0.3, 0.4) is 0 Å². The molecule has 0 bridgehead atoms. The minimum atomic E-state index is -4.04. The van der Waals surface area contributed by atoms with Crippen LogP contribution in [-0.4, -0.2) is 63.2 Å². The van der Waals surface area contributed by atoms with Gasteiger partial charge < -0.3 is 10.2 Å². The Morgan fingerprint density at radius 2 is 1.53 bits per heavy atom. The molecule has 0 saturated heterocycles. The molecule has 0 fully saturated rings. The monoisotopic (exact) mass is 576 g/mol. The number of carbonyl (C=O) groups excluding carboxylic acids is 2. The molecule has 3 rings (SSSR count). The van der Waals surface area contributed by atoms with E-state index in [1.54, 1.807) is 48.5 Å². The first-order valence-corrected chi connectivity index (χ1v) is 13.9. The number of anilines is 1. The van der Waals surface area contributed by atoms with Gasteiger partial charge in [0.1, 0.15) is 12.6 Å². The molecule has 11 heteroatoms. The van der Waals surface area contributed by atoms with Crippen LogP contribution in [0.4, 0.5) is 5.69 Å². The van der Waals surface area contributed by atoms with E-state index in [2.05, 4.69) is 5.32 Å². The topological polar surface area (TPSA) is 90.0 Å². The summed E-state index contributed by atoms with van der Waals surface area (Å²) < 4.78 is 28.6. The molecule has 38 heavy (non-hydrogen) atoms. The van der Waals surface area contributed by atoms with Crippen LogP contribution in [0, 0.1) is 0 Å². The summed E-state index contributed by atoms with van der Waals surface area (Å²) in [5.41, 5.74) is 1.72. The number of nitrogens with one attached hydrogen (secondary N) is 1. The fourth-order valence-corrected chi connectivity index (χ4v) is 5.39. The number of nitrogens with zero attached hydrogens (tertiary/aromatic N) is 3. The van der Waals surface area contributed by atoms with Gasteiger partial charge in [-0.3, -0.25) is 9.59 Å². The number of amides is 2. The van der Waals surface area contributed by atoms with Crippen LogP contribution in [0.15, 0.2) is 78.9 Å². The van der Waals surface area contributed by atoms with Gasteiger partial charge in [-0.1, -0.05) is 77.8 Å². The number of para-hydroxylation sites is 1. The predicted octanol–water partition coefficient (Wildman–Crippen LogP) is 3.99. The van der Waals surface area contributed by atoms with Crippen LogP contribution >= 0.6 is 23.2 Å². The van der Waals surface area contributed by atoms with Gasteiger partial charge in [0.15, 0.2) is 0 Å². The van der Waals surface area contributed by atoms with Crippen molar-refractivity contribution in [3.8, 4) is 0 Å². The second-order valence-electron chi connectivity index (χ2n) is 8.71. The Morgan fingerprint density at radius 1 is 0.921 bits per heavy atom. The Hall–Kier alpha value is -3.11. The van der Waals surface area contributed by atoms with Crippen molar-refractivity contribution in [1.82, 2.24) is 14.5 Å². The number of carbonyl (C=O) groups is 2. The summed E-state index contributed by atoms with van der Waals surface area (Å²) in [6.07, 6.45) is 0.212. The van der Waals surface area contributed by atoms with Crippen LogP contribution in [0.2, 0.25) is 10.0 Å². The zero-order chi connectivity index (χ0) is 27.9. The summed E-state index contributed by atoms with van der Waals surface area (Å²) in [6.45, 7) is -0.567. The van der Waals surface area contributed by atoms with E-state index < -0.39 is 34.6 Å². The van der Waals surface area contributed by atoms with Gasteiger partial charge in [-0.15, -0.1) is 0 Å².